The summed E-state index contributed by atoms with van der Waals surface area (Å²) >= 11 is 0. The molecule has 0 aliphatic carbocycles. The number of hydrogen-bond acceptors (Lipinski definition) is 1. The highest BCUT2D eigenvalue weighted by Gasteiger charge is 2.03. The molecule has 1 heteroatoms. The Morgan fingerprint density at radius 3 is 2.57 bits per heavy atom. The van der Waals surface area contributed by atoms with E-state index in [9.17, 15) is 0 Å². The molecule has 0 aromatic carbocycles. The molecule has 0 atom stereocenters. The molecule has 1 nitrogen and oxygen atoms in total. The zero-order valence-electron chi connectivity index (χ0n) is 9.33. The van der Waals surface area contributed by atoms with Crippen LogP contribution in [-0.4, -0.2) is 4.98 Å². The van der Waals surface area contributed by atoms with Gasteiger partial charge in [-0.25, -0.2) is 0 Å². The van der Waals surface area contributed by atoms with E-state index in [1.54, 1.807) is 0 Å². The molecule has 1 rings (SSSR count). The Hall–Kier alpha value is -1.37. The van der Waals surface area contributed by atoms with E-state index in [-0.39, 0.29) is 0 Å². The Kier molecular flexibility index (Phi) is 3.63. The third-order valence-electron chi connectivity index (χ3n) is 2.42. The molecule has 1 heterocycles. The van der Waals surface area contributed by atoms with Crippen molar-refractivity contribution in [2.24, 2.45) is 0 Å². The van der Waals surface area contributed by atoms with Crippen LogP contribution in [0, 0.1) is 13.8 Å². The summed E-state index contributed by atoms with van der Waals surface area (Å²) in [6, 6.07) is 2.07. The molecule has 1 aromatic rings. The smallest absolute Gasteiger partial charge is 0.0407 e. The average molecular weight is 187 g/mol. The Balaban J connectivity index is 3.24. The Labute approximate surface area is 86.2 Å². The molecule has 0 saturated carbocycles. The maximum Gasteiger partial charge on any atom is 0.0407 e. The first-order valence-electron chi connectivity index (χ1n) is 4.92. The van der Waals surface area contributed by atoms with Crippen LogP contribution < -0.4 is 0 Å². The van der Waals surface area contributed by atoms with Gasteiger partial charge in [-0.3, -0.25) is 4.98 Å². The standard InChI is InChI=1S/C13H17N/c1-5-7-12(6-2)13-8-9-14-11(4)10(13)3/h5-9H,1-4H3/b7-5-,12-6+. The summed E-state index contributed by atoms with van der Waals surface area (Å²) in [6.45, 7) is 8.25. The van der Waals surface area contributed by atoms with E-state index in [1.165, 1.54) is 16.7 Å². The van der Waals surface area contributed by atoms with Gasteiger partial charge in [0.15, 0.2) is 0 Å². The molecule has 0 aliphatic rings. The van der Waals surface area contributed by atoms with Gasteiger partial charge in [0.05, 0.1) is 0 Å². The minimum Gasteiger partial charge on any atom is -0.261 e. The number of allylic oxidation sites excluding steroid dienone is 4. The van der Waals surface area contributed by atoms with Crippen molar-refractivity contribution in [3.63, 3.8) is 0 Å². The summed E-state index contributed by atoms with van der Waals surface area (Å²) in [6.07, 6.45) is 8.18. The molecule has 14 heavy (non-hydrogen) atoms. The minimum absolute atomic E-state index is 1.10. The van der Waals surface area contributed by atoms with Gasteiger partial charge >= 0.3 is 0 Å². The molecule has 0 saturated heterocycles. The number of nitrogens with zero attached hydrogens (tertiary/aromatic N) is 1. The summed E-state index contributed by atoms with van der Waals surface area (Å²) in [5.41, 5.74) is 4.90. The van der Waals surface area contributed by atoms with Crippen LogP contribution >= 0.6 is 0 Å². The summed E-state index contributed by atoms with van der Waals surface area (Å²) in [7, 11) is 0. The molecule has 0 spiro atoms. The van der Waals surface area contributed by atoms with E-state index in [4.69, 9.17) is 0 Å². The first kappa shape index (κ1) is 10.7. The lowest BCUT2D eigenvalue weighted by molar-refractivity contribution is 1.14. The van der Waals surface area contributed by atoms with Gasteiger partial charge in [0.25, 0.3) is 0 Å². The van der Waals surface area contributed by atoms with Gasteiger partial charge in [-0.1, -0.05) is 18.2 Å². The molecule has 0 radical (unpaired) electrons. The fraction of sp³-hybridized carbons (Fsp3) is 0.308. The average Bonchev–Trinajstić information content (AvgIpc) is 2.19. The first-order valence-corrected chi connectivity index (χ1v) is 4.92. The van der Waals surface area contributed by atoms with Gasteiger partial charge in [-0.15, -0.1) is 0 Å². The molecule has 0 bridgehead atoms. The van der Waals surface area contributed by atoms with E-state index >= 15 is 0 Å². The van der Waals surface area contributed by atoms with E-state index < -0.39 is 0 Å². The highest BCUT2D eigenvalue weighted by atomic mass is 14.7. The van der Waals surface area contributed by atoms with Crippen molar-refractivity contribution in [1.29, 1.82) is 0 Å². The highest BCUT2D eigenvalue weighted by Crippen LogP contribution is 2.20. The lowest BCUT2D eigenvalue weighted by Gasteiger charge is -2.08. The van der Waals surface area contributed by atoms with Gasteiger partial charge in [0.2, 0.25) is 0 Å². The van der Waals surface area contributed by atoms with Gasteiger partial charge in [-0.05, 0) is 50.5 Å². The van der Waals surface area contributed by atoms with Crippen LogP contribution in [-0.2, 0) is 0 Å². The lowest BCUT2D eigenvalue weighted by Crippen LogP contribution is -1.92. The van der Waals surface area contributed by atoms with Gasteiger partial charge < -0.3 is 0 Å². The molecule has 0 fully saturated rings. The number of rotatable bonds is 2. The highest BCUT2D eigenvalue weighted by molar-refractivity contribution is 5.75. The van der Waals surface area contributed by atoms with Crippen LogP contribution in [0.25, 0.3) is 5.57 Å². The maximum atomic E-state index is 4.26. The second-order valence-electron chi connectivity index (χ2n) is 3.31. The number of aryl methyl sites for hydroxylation is 1. The summed E-state index contributed by atoms with van der Waals surface area (Å²) in [5.74, 6) is 0. The molecule has 0 aliphatic heterocycles. The Morgan fingerprint density at radius 1 is 1.29 bits per heavy atom. The first-order chi connectivity index (χ1) is 6.70. The molecule has 74 valence electrons. The zero-order valence-corrected chi connectivity index (χ0v) is 9.33. The quantitative estimate of drug-likeness (QED) is 0.644. The van der Waals surface area contributed by atoms with Crippen molar-refractivity contribution in [3.8, 4) is 0 Å². The second kappa shape index (κ2) is 4.75. The summed E-state index contributed by atoms with van der Waals surface area (Å²) in [5, 5.41) is 0. The third-order valence-corrected chi connectivity index (χ3v) is 2.42. The monoisotopic (exact) mass is 187 g/mol. The van der Waals surface area contributed by atoms with Crippen molar-refractivity contribution in [3.05, 3.63) is 47.3 Å². The fourth-order valence-corrected chi connectivity index (χ4v) is 1.47. The van der Waals surface area contributed by atoms with Crippen molar-refractivity contribution < 1.29 is 0 Å². The second-order valence-corrected chi connectivity index (χ2v) is 3.31. The molecule has 0 unspecified atom stereocenters. The number of aromatic nitrogens is 1. The normalized spacial score (nSPS) is 12.4. The Morgan fingerprint density at radius 2 is 2.00 bits per heavy atom. The Bertz CT molecular complexity index is 373. The van der Waals surface area contributed by atoms with Crippen molar-refractivity contribution in [2.45, 2.75) is 27.7 Å². The van der Waals surface area contributed by atoms with Gasteiger partial charge in [0, 0.05) is 11.9 Å². The number of pyridine rings is 1. The van der Waals surface area contributed by atoms with Crippen LogP contribution in [0.5, 0.6) is 0 Å². The van der Waals surface area contributed by atoms with Crippen molar-refractivity contribution in [2.75, 3.05) is 0 Å². The fourth-order valence-electron chi connectivity index (χ4n) is 1.47. The lowest BCUT2D eigenvalue weighted by atomic mass is 10.00. The molecule has 0 amide bonds. The van der Waals surface area contributed by atoms with Gasteiger partial charge in [0.1, 0.15) is 0 Å². The predicted molar refractivity (Wildman–Crippen MR) is 62.2 cm³/mol. The number of hydrogen-bond donors (Lipinski definition) is 0. The summed E-state index contributed by atoms with van der Waals surface area (Å²) in [4.78, 5) is 4.26. The molecular formula is C13H17N. The topological polar surface area (TPSA) is 12.9 Å². The largest absolute Gasteiger partial charge is 0.261 e. The summed E-state index contributed by atoms with van der Waals surface area (Å²) < 4.78 is 0. The van der Waals surface area contributed by atoms with Crippen LogP contribution in [0.15, 0.2) is 30.5 Å². The molecule has 1 aromatic heterocycles. The van der Waals surface area contributed by atoms with Crippen LogP contribution in [0.4, 0.5) is 0 Å². The van der Waals surface area contributed by atoms with Crippen LogP contribution in [0.1, 0.15) is 30.7 Å². The van der Waals surface area contributed by atoms with E-state index in [2.05, 4.69) is 43.1 Å². The van der Waals surface area contributed by atoms with E-state index in [0.717, 1.165) is 5.69 Å². The van der Waals surface area contributed by atoms with Crippen LogP contribution in [0.3, 0.4) is 0 Å². The molecular weight excluding hydrogens is 170 g/mol. The van der Waals surface area contributed by atoms with Crippen molar-refractivity contribution in [1.82, 2.24) is 4.98 Å². The van der Waals surface area contributed by atoms with Crippen molar-refractivity contribution >= 4 is 5.57 Å². The maximum absolute atomic E-state index is 4.26. The minimum atomic E-state index is 1.10. The SMILES string of the molecule is C/C=C\C(=C/C)c1ccnc(C)c1C. The van der Waals surface area contributed by atoms with Crippen LogP contribution in [0.2, 0.25) is 0 Å². The zero-order chi connectivity index (χ0) is 10.6. The van der Waals surface area contributed by atoms with E-state index in [1.807, 2.05) is 20.0 Å². The van der Waals surface area contributed by atoms with E-state index in [0.29, 0.717) is 0 Å². The predicted octanol–water partition coefficient (Wildman–Crippen LogP) is 3.68. The third kappa shape index (κ3) is 2.11. The van der Waals surface area contributed by atoms with Gasteiger partial charge in [-0.2, -0.15) is 0 Å². The molecule has 0 N–H and O–H groups in total.